The van der Waals surface area contributed by atoms with Gasteiger partial charge in [0.05, 0.1) is 91.7 Å². The third kappa shape index (κ3) is 13.4. The highest BCUT2D eigenvalue weighted by Crippen LogP contribution is 2.54. The predicted molar refractivity (Wildman–Crippen MR) is 178 cm³/mol. The molecule has 280 valence electrons. The van der Waals surface area contributed by atoms with Crippen LogP contribution in [-0.4, -0.2) is 114 Å². The van der Waals surface area contributed by atoms with Crippen molar-refractivity contribution in [3.05, 3.63) is 0 Å². The Labute approximate surface area is 281 Å². The molecule has 0 bridgehead atoms. The monoisotopic (exact) mass is 738 g/mol. The van der Waals surface area contributed by atoms with E-state index in [4.69, 9.17) is 37.3 Å². The molecular weight excluding hydrogens is 677 g/mol. The Morgan fingerprint density at radius 1 is 0.532 bits per heavy atom. The predicted octanol–water partition coefficient (Wildman–Crippen LogP) is 5.89. The van der Waals surface area contributed by atoms with Gasteiger partial charge in [-0.15, -0.1) is 0 Å². The number of methoxy groups -OCH3 is 1. The van der Waals surface area contributed by atoms with Gasteiger partial charge in [-0.25, -0.2) is 0 Å². The Kier molecular flexibility index (Phi) is 17.7. The minimum Gasteiger partial charge on any atom is -0.379 e. The van der Waals surface area contributed by atoms with Crippen LogP contribution >= 0.6 is 22.8 Å². The maximum atomic E-state index is 13.3. The maximum absolute atomic E-state index is 13.3. The van der Waals surface area contributed by atoms with Crippen LogP contribution in [0.15, 0.2) is 0 Å². The molecule has 7 unspecified atom stereocenters. The maximum Gasteiger partial charge on any atom is 0.331 e. The standard InChI is InChI=1S/C26H49O14P3.2C2H6/c1-7-19-21(9-16(3)34-19)38-42(29,30)13-25-23(11-18(5)36-25)40-43(31,32)14-26-22(10-17(4)37-26)39-41(27,28)12-24-20(33-6)8-15(2)35-24;2*1-2/h15-26H,7-14H2,1-6H3,(H,27,28)(H,29,30)(H,31,32);2*1-2H3/t15-,16-,17-,18-,19+,20?,21?,22?,23?,24+,25+,26+;;/m0../s1. The quantitative estimate of drug-likeness (QED) is 0.179. The SMILES string of the molecule is CC.CC.CC[C@H]1O[C@@H](C)CC1OP(=O)(O)C[C@H]1O[C@@H](C)CC1OP(=O)(O)C[C@H]1O[C@@H](C)CC1OP(=O)(O)C[C@H]1O[C@@H](C)CC1OC. The van der Waals surface area contributed by atoms with Gasteiger partial charge in [0.1, 0.15) is 0 Å². The molecule has 17 heteroatoms. The van der Waals surface area contributed by atoms with E-state index in [1.165, 1.54) is 7.11 Å². The smallest absolute Gasteiger partial charge is 0.331 e. The van der Waals surface area contributed by atoms with Gasteiger partial charge in [0.15, 0.2) is 0 Å². The second-order valence-corrected chi connectivity index (χ2v) is 18.0. The van der Waals surface area contributed by atoms with Crippen molar-refractivity contribution < 1.29 is 65.6 Å². The van der Waals surface area contributed by atoms with E-state index in [1.54, 1.807) is 13.8 Å². The van der Waals surface area contributed by atoms with E-state index in [1.807, 2.05) is 48.5 Å². The van der Waals surface area contributed by atoms with Gasteiger partial charge in [-0.1, -0.05) is 34.6 Å². The molecule has 0 aromatic heterocycles. The Bertz CT molecular complexity index is 1000. The molecular formula is C30H61O14P3. The van der Waals surface area contributed by atoms with Gasteiger partial charge in [0.2, 0.25) is 0 Å². The van der Waals surface area contributed by atoms with E-state index >= 15 is 0 Å². The summed E-state index contributed by atoms with van der Waals surface area (Å²) in [6.45, 7) is 17.1. The van der Waals surface area contributed by atoms with E-state index < -0.39 is 77.8 Å². The highest BCUT2D eigenvalue weighted by atomic mass is 31.2. The zero-order chi connectivity index (χ0) is 35.7. The first-order valence-electron chi connectivity index (χ1n) is 17.1. The molecule has 4 saturated heterocycles. The molecule has 3 N–H and O–H groups in total. The number of hydrogen-bond acceptors (Lipinski definition) is 11. The molecule has 4 rings (SSSR count). The van der Waals surface area contributed by atoms with Crippen LogP contribution in [0.2, 0.25) is 0 Å². The molecule has 15 atom stereocenters. The van der Waals surface area contributed by atoms with Crippen LogP contribution in [0.4, 0.5) is 0 Å². The molecule has 4 aliphatic rings. The summed E-state index contributed by atoms with van der Waals surface area (Å²) in [5.41, 5.74) is 0. The van der Waals surface area contributed by atoms with Crippen molar-refractivity contribution in [2.45, 2.75) is 168 Å². The Balaban J connectivity index is 0.00000185. The van der Waals surface area contributed by atoms with E-state index in [0.717, 1.165) is 0 Å². The molecule has 4 fully saturated rings. The van der Waals surface area contributed by atoms with Crippen molar-refractivity contribution in [2.75, 3.05) is 25.6 Å². The fourth-order valence-corrected chi connectivity index (χ4v) is 11.1. The average Bonchev–Trinajstić information content (AvgIpc) is 3.70. The molecule has 0 spiro atoms. The van der Waals surface area contributed by atoms with E-state index in [2.05, 4.69) is 0 Å². The lowest BCUT2D eigenvalue weighted by atomic mass is 10.1. The molecule has 0 aliphatic carbocycles. The lowest BCUT2D eigenvalue weighted by molar-refractivity contribution is 0.00439. The molecule has 4 aliphatic heterocycles. The lowest BCUT2D eigenvalue weighted by Gasteiger charge is -2.28. The topological polar surface area (TPSA) is 186 Å². The Morgan fingerprint density at radius 3 is 1.09 bits per heavy atom. The average molecular weight is 739 g/mol. The molecule has 0 aromatic carbocycles. The highest BCUT2D eigenvalue weighted by Gasteiger charge is 2.48. The van der Waals surface area contributed by atoms with Gasteiger partial charge in [-0.05, 0) is 34.1 Å². The van der Waals surface area contributed by atoms with Crippen molar-refractivity contribution in [2.24, 2.45) is 0 Å². The van der Waals surface area contributed by atoms with Crippen LogP contribution in [0.5, 0.6) is 0 Å². The van der Waals surface area contributed by atoms with Gasteiger partial charge in [-0.3, -0.25) is 13.7 Å². The summed E-state index contributed by atoms with van der Waals surface area (Å²) >= 11 is 0. The fourth-order valence-electron chi connectivity index (χ4n) is 6.55. The van der Waals surface area contributed by atoms with Crippen molar-refractivity contribution >= 4 is 22.8 Å². The summed E-state index contributed by atoms with van der Waals surface area (Å²) in [7, 11) is -11.2. The first-order chi connectivity index (χ1) is 22.0. The minimum atomic E-state index is -4.39. The van der Waals surface area contributed by atoms with Crippen LogP contribution in [0, 0.1) is 0 Å². The lowest BCUT2D eigenvalue weighted by Crippen LogP contribution is -2.33. The summed E-state index contributed by atoms with van der Waals surface area (Å²) in [5, 5.41) is 0. The zero-order valence-electron chi connectivity index (χ0n) is 29.8. The summed E-state index contributed by atoms with van der Waals surface area (Å²) in [5.74, 6) is 0. The summed E-state index contributed by atoms with van der Waals surface area (Å²) in [6, 6.07) is 0. The van der Waals surface area contributed by atoms with Gasteiger partial charge in [-0.2, -0.15) is 0 Å². The first-order valence-corrected chi connectivity index (χ1v) is 22.4. The molecule has 0 amide bonds. The van der Waals surface area contributed by atoms with Crippen LogP contribution in [-0.2, 0) is 51.0 Å². The summed E-state index contributed by atoms with van der Waals surface area (Å²) < 4.78 is 84.9. The molecule has 14 nitrogen and oxygen atoms in total. The van der Waals surface area contributed by atoms with E-state index in [-0.39, 0.29) is 49.5 Å². The molecule has 47 heavy (non-hydrogen) atoms. The van der Waals surface area contributed by atoms with Crippen molar-refractivity contribution in [1.29, 1.82) is 0 Å². The normalized spacial score (nSPS) is 40.8. The zero-order valence-corrected chi connectivity index (χ0v) is 32.4. The van der Waals surface area contributed by atoms with Crippen LogP contribution in [0.3, 0.4) is 0 Å². The van der Waals surface area contributed by atoms with Gasteiger partial charge < -0.3 is 51.9 Å². The third-order valence-electron chi connectivity index (χ3n) is 8.38. The van der Waals surface area contributed by atoms with Crippen molar-refractivity contribution in [3.8, 4) is 0 Å². The molecule has 4 heterocycles. The Hall–Kier alpha value is 0.250. The second kappa shape index (κ2) is 19.2. The van der Waals surface area contributed by atoms with Crippen LogP contribution < -0.4 is 0 Å². The molecule has 0 saturated carbocycles. The minimum absolute atomic E-state index is 0.0934. The van der Waals surface area contributed by atoms with E-state index in [9.17, 15) is 28.4 Å². The molecule has 0 radical (unpaired) electrons. The van der Waals surface area contributed by atoms with Gasteiger partial charge in [0.25, 0.3) is 0 Å². The number of rotatable bonds is 14. The summed E-state index contributed by atoms with van der Waals surface area (Å²) in [4.78, 5) is 32.3. The largest absolute Gasteiger partial charge is 0.379 e. The fraction of sp³-hybridized carbons (Fsp3) is 1.00. The Morgan fingerprint density at radius 2 is 0.787 bits per heavy atom. The number of hydrogen-bond donors (Lipinski definition) is 3. The van der Waals surface area contributed by atoms with Crippen molar-refractivity contribution in [3.63, 3.8) is 0 Å². The van der Waals surface area contributed by atoms with Crippen molar-refractivity contribution in [1.82, 2.24) is 0 Å². The van der Waals surface area contributed by atoms with Crippen LogP contribution in [0.25, 0.3) is 0 Å². The third-order valence-corrected chi connectivity index (χ3v) is 12.6. The van der Waals surface area contributed by atoms with E-state index in [0.29, 0.717) is 19.3 Å². The first kappa shape index (κ1) is 43.4. The van der Waals surface area contributed by atoms with Gasteiger partial charge in [0, 0.05) is 32.8 Å². The van der Waals surface area contributed by atoms with Crippen LogP contribution in [0.1, 0.15) is 94.4 Å². The molecule has 0 aromatic rings. The van der Waals surface area contributed by atoms with Gasteiger partial charge >= 0.3 is 22.8 Å². The summed E-state index contributed by atoms with van der Waals surface area (Å²) in [6.07, 6.45) is -5.64. The second-order valence-electron chi connectivity index (χ2n) is 12.5. The highest BCUT2D eigenvalue weighted by molar-refractivity contribution is 7.53. The number of ether oxygens (including phenoxy) is 5.